The quantitative estimate of drug-likeness (QED) is 0.742. The minimum Gasteiger partial charge on any atom is -0.374 e. The van der Waals surface area contributed by atoms with Crippen molar-refractivity contribution in [1.82, 2.24) is 0 Å². The maximum absolute atomic E-state index is 4.27. The van der Waals surface area contributed by atoms with E-state index in [1.165, 1.54) is 16.7 Å². The Labute approximate surface area is 139 Å². The zero-order chi connectivity index (χ0) is 16.6. The van der Waals surface area contributed by atoms with Gasteiger partial charge in [0.25, 0.3) is 0 Å². The van der Waals surface area contributed by atoms with Gasteiger partial charge in [-0.2, -0.15) is 0 Å². The fourth-order valence-electron chi connectivity index (χ4n) is 3.13. The van der Waals surface area contributed by atoms with Gasteiger partial charge in [0.1, 0.15) is 0 Å². The molecule has 0 radical (unpaired) electrons. The van der Waals surface area contributed by atoms with E-state index < -0.39 is 0 Å². The first-order chi connectivity index (χ1) is 10.9. The lowest BCUT2D eigenvalue weighted by Gasteiger charge is -2.24. The second kappa shape index (κ2) is 5.73. The van der Waals surface area contributed by atoms with Crippen LogP contribution in [0.5, 0.6) is 0 Å². The second-order valence-electron chi connectivity index (χ2n) is 6.99. The highest BCUT2D eigenvalue weighted by atomic mass is 14.9. The van der Waals surface area contributed by atoms with Crippen molar-refractivity contribution in [1.29, 1.82) is 0 Å². The molecule has 0 amide bonds. The number of hydrogen-bond donors (Lipinski definition) is 1. The standard InChI is InChI=1S/C22H25N/c1-6-22(4,5)17-11-13-18(14-12-17)23-21-15(2)19-9-7-8-10-20(19)16(21)3/h7-14,21,23H,2-3,6H2,1,4-5H3. The van der Waals surface area contributed by atoms with Gasteiger partial charge in [0.05, 0.1) is 6.04 Å². The summed E-state index contributed by atoms with van der Waals surface area (Å²) >= 11 is 0. The van der Waals surface area contributed by atoms with Crippen LogP contribution in [0.15, 0.2) is 61.7 Å². The molecule has 23 heavy (non-hydrogen) atoms. The van der Waals surface area contributed by atoms with Gasteiger partial charge in [-0.3, -0.25) is 0 Å². The van der Waals surface area contributed by atoms with E-state index in [4.69, 9.17) is 0 Å². The van der Waals surface area contributed by atoms with Gasteiger partial charge >= 0.3 is 0 Å². The summed E-state index contributed by atoms with van der Waals surface area (Å²) in [7, 11) is 0. The monoisotopic (exact) mass is 303 g/mol. The Morgan fingerprint density at radius 1 is 0.913 bits per heavy atom. The second-order valence-corrected chi connectivity index (χ2v) is 6.99. The Kier molecular flexibility index (Phi) is 3.89. The molecule has 0 heterocycles. The molecule has 118 valence electrons. The third-order valence-electron chi connectivity index (χ3n) is 5.18. The highest BCUT2D eigenvalue weighted by molar-refractivity contribution is 5.98. The Balaban J connectivity index is 1.81. The molecule has 1 aliphatic rings. The lowest BCUT2D eigenvalue weighted by Crippen LogP contribution is -2.18. The first-order valence-corrected chi connectivity index (χ1v) is 8.28. The lowest BCUT2D eigenvalue weighted by atomic mass is 9.82. The Hall–Kier alpha value is -2.28. The maximum Gasteiger partial charge on any atom is 0.0768 e. The number of anilines is 1. The van der Waals surface area contributed by atoms with E-state index in [-0.39, 0.29) is 11.5 Å². The third kappa shape index (κ3) is 2.72. The number of benzene rings is 2. The molecule has 1 N–H and O–H groups in total. The summed E-state index contributed by atoms with van der Waals surface area (Å²) in [6.45, 7) is 15.3. The average Bonchev–Trinajstić information content (AvgIpc) is 2.81. The molecule has 1 heteroatoms. The van der Waals surface area contributed by atoms with Crippen molar-refractivity contribution < 1.29 is 0 Å². The molecule has 0 aliphatic heterocycles. The molecule has 0 atom stereocenters. The van der Waals surface area contributed by atoms with Crippen molar-refractivity contribution in [3.63, 3.8) is 0 Å². The molecule has 0 saturated heterocycles. The predicted octanol–water partition coefficient (Wildman–Crippen LogP) is 5.89. The molecule has 3 rings (SSSR count). The van der Waals surface area contributed by atoms with Gasteiger partial charge in [0.15, 0.2) is 0 Å². The minimum atomic E-state index is 0.0810. The molecule has 2 aromatic carbocycles. The average molecular weight is 303 g/mol. The van der Waals surface area contributed by atoms with Gasteiger partial charge in [0.2, 0.25) is 0 Å². The first-order valence-electron chi connectivity index (χ1n) is 8.28. The normalized spacial score (nSPS) is 14.9. The van der Waals surface area contributed by atoms with E-state index >= 15 is 0 Å². The summed E-state index contributed by atoms with van der Waals surface area (Å²) in [6, 6.07) is 17.2. The predicted molar refractivity (Wildman–Crippen MR) is 102 cm³/mol. The van der Waals surface area contributed by atoms with Gasteiger partial charge in [-0.05, 0) is 51.8 Å². The van der Waals surface area contributed by atoms with E-state index in [1.54, 1.807) is 0 Å². The highest BCUT2D eigenvalue weighted by Crippen LogP contribution is 2.40. The minimum absolute atomic E-state index is 0.0810. The fraction of sp³-hybridized carbons (Fsp3) is 0.273. The largest absolute Gasteiger partial charge is 0.374 e. The molecule has 0 saturated carbocycles. The summed E-state index contributed by atoms with van der Waals surface area (Å²) in [5.41, 5.74) is 7.32. The molecule has 2 aromatic rings. The van der Waals surface area contributed by atoms with Gasteiger partial charge in [0, 0.05) is 5.69 Å². The zero-order valence-electron chi connectivity index (χ0n) is 14.3. The van der Waals surface area contributed by atoms with Gasteiger partial charge in [-0.1, -0.05) is 70.3 Å². The van der Waals surface area contributed by atoms with E-state index in [1.807, 2.05) is 0 Å². The Bertz CT molecular complexity index is 715. The maximum atomic E-state index is 4.27. The SMILES string of the molecule is C=C1c2ccccc2C(=C)C1Nc1ccc(C(C)(C)CC)cc1. The summed E-state index contributed by atoms with van der Waals surface area (Å²) < 4.78 is 0. The Morgan fingerprint density at radius 3 is 1.91 bits per heavy atom. The molecule has 1 aliphatic carbocycles. The molecule has 0 aromatic heterocycles. The molecule has 1 nitrogen and oxygen atoms in total. The van der Waals surface area contributed by atoms with Crippen molar-refractivity contribution in [3.05, 3.63) is 78.4 Å². The smallest absolute Gasteiger partial charge is 0.0768 e. The van der Waals surface area contributed by atoms with Gasteiger partial charge < -0.3 is 5.32 Å². The molecular formula is C22H25N. The van der Waals surface area contributed by atoms with Crippen LogP contribution in [0, 0.1) is 0 Å². The lowest BCUT2D eigenvalue weighted by molar-refractivity contribution is 0.506. The molecule has 0 fully saturated rings. The molecular weight excluding hydrogens is 278 g/mol. The number of fused-ring (bicyclic) bond motifs is 1. The van der Waals surface area contributed by atoms with Crippen molar-refractivity contribution in [2.75, 3.05) is 5.32 Å². The van der Waals surface area contributed by atoms with Gasteiger partial charge in [-0.25, -0.2) is 0 Å². The summed E-state index contributed by atoms with van der Waals surface area (Å²) in [5.74, 6) is 0. The topological polar surface area (TPSA) is 12.0 Å². The molecule has 0 bridgehead atoms. The van der Waals surface area contributed by atoms with Crippen molar-refractivity contribution in [2.24, 2.45) is 0 Å². The van der Waals surface area contributed by atoms with Crippen LogP contribution in [0.4, 0.5) is 5.69 Å². The summed E-state index contributed by atoms with van der Waals surface area (Å²) in [6.07, 6.45) is 1.13. The van der Waals surface area contributed by atoms with Crippen molar-refractivity contribution in [2.45, 2.75) is 38.6 Å². The van der Waals surface area contributed by atoms with Crippen LogP contribution in [0.3, 0.4) is 0 Å². The van der Waals surface area contributed by atoms with Crippen LogP contribution in [-0.4, -0.2) is 6.04 Å². The van der Waals surface area contributed by atoms with E-state index in [0.717, 1.165) is 23.3 Å². The number of rotatable bonds is 4. The Morgan fingerprint density at radius 2 is 1.43 bits per heavy atom. The van der Waals surface area contributed by atoms with Crippen LogP contribution in [-0.2, 0) is 5.41 Å². The fourth-order valence-corrected chi connectivity index (χ4v) is 3.13. The van der Waals surface area contributed by atoms with Crippen LogP contribution < -0.4 is 5.32 Å². The third-order valence-corrected chi connectivity index (χ3v) is 5.18. The van der Waals surface area contributed by atoms with E-state index in [0.29, 0.717) is 0 Å². The van der Waals surface area contributed by atoms with Gasteiger partial charge in [-0.15, -0.1) is 0 Å². The van der Waals surface area contributed by atoms with Crippen molar-refractivity contribution in [3.8, 4) is 0 Å². The molecule has 0 unspecified atom stereocenters. The molecule has 0 spiro atoms. The summed E-state index contributed by atoms with van der Waals surface area (Å²) in [4.78, 5) is 0. The van der Waals surface area contributed by atoms with Crippen LogP contribution in [0.2, 0.25) is 0 Å². The zero-order valence-corrected chi connectivity index (χ0v) is 14.3. The number of hydrogen-bond acceptors (Lipinski definition) is 1. The van der Waals surface area contributed by atoms with E-state index in [9.17, 15) is 0 Å². The van der Waals surface area contributed by atoms with Crippen LogP contribution in [0.25, 0.3) is 11.1 Å². The van der Waals surface area contributed by atoms with Crippen LogP contribution >= 0.6 is 0 Å². The first kappa shape index (κ1) is 15.6. The number of nitrogens with one attached hydrogen (secondary N) is 1. The highest BCUT2D eigenvalue weighted by Gasteiger charge is 2.28. The van der Waals surface area contributed by atoms with Crippen LogP contribution in [0.1, 0.15) is 43.9 Å². The van der Waals surface area contributed by atoms with Crippen molar-refractivity contribution >= 4 is 16.8 Å². The summed E-state index contributed by atoms with van der Waals surface area (Å²) in [5, 5.41) is 3.58. The van der Waals surface area contributed by atoms with E-state index in [2.05, 4.69) is 87.8 Å².